The molecule has 1 N–H and O–H groups in total. The van der Waals surface area contributed by atoms with Gasteiger partial charge < -0.3 is 10.0 Å². The fourth-order valence-corrected chi connectivity index (χ4v) is 5.77. The number of carbonyl (C=O) groups excluding carboxylic acids is 2. The lowest BCUT2D eigenvalue weighted by molar-refractivity contribution is -0.131. The van der Waals surface area contributed by atoms with Crippen LogP contribution in [0.3, 0.4) is 0 Å². The Morgan fingerprint density at radius 2 is 1.34 bits per heavy atom. The number of benzene rings is 3. The fourth-order valence-electron chi connectivity index (χ4n) is 5.51. The summed E-state index contributed by atoms with van der Waals surface area (Å²) in [5.74, 6) is -0.324. The molecule has 3 amide bonds. The van der Waals surface area contributed by atoms with E-state index in [4.69, 9.17) is 11.6 Å². The topological polar surface area (TPSA) is 67.3 Å². The van der Waals surface area contributed by atoms with Crippen LogP contribution in [0.2, 0.25) is 5.02 Å². The second kappa shape index (κ2) is 11.7. The number of hydrogen-bond donors (Lipinski definition) is 1. The van der Waals surface area contributed by atoms with Gasteiger partial charge in [-0.2, -0.15) is 0 Å². The zero-order valence-electron chi connectivity index (χ0n) is 21.2. The number of amides is 3. The molecule has 0 saturated carbocycles. The molecular formula is C29H32Cl2N4O3. The van der Waals surface area contributed by atoms with Crippen molar-refractivity contribution in [2.24, 2.45) is 0 Å². The SMILES string of the molecule is CN1C(=O)N(CC(O)CN2CCN(c3ccccc3Cl)CC2)C(c2ccccc2)(c2ccccc2)C1=O.Cl. The van der Waals surface area contributed by atoms with Crippen LogP contribution in [0.5, 0.6) is 0 Å². The average Bonchev–Trinajstić information content (AvgIpc) is 3.11. The molecule has 7 nitrogen and oxygen atoms in total. The van der Waals surface area contributed by atoms with Crippen LogP contribution >= 0.6 is 24.0 Å². The monoisotopic (exact) mass is 554 g/mol. The van der Waals surface area contributed by atoms with Crippen LogP contribution in [0.25, 0.3) is 0 Å². The van der Waals surface area contributed by atoms with Gasteiger partial charge in [-0.05, 0) is 23.3 Å². The molecule has 9 heteroatoms. The van der Waals surface area contributed by atoms with Gasteiger partial charge in [0.05, 0.1) is 23.4 Å². The normalized spacial score (nSPS) is 18.4. The Labute approximate surface area is 234 Å². The van der Waals surface area contributed by atoms with Crippen LogP contribution in [-0.4, -0.2) is 84.2 Å². The summed E-state index contributed by atoms with van der Waals surface area (Å²) in [6.07, 6.45) is -0.832. The maximum Gasteiger partial charge on any atom is 0.328 e. The van der Waals surface area contributed by atoms with Crippen molar-refractivity contribution < 1.29 is 14.7 Å². The third-order valence-corrected chi connectivity index (χ3v) is 7.67. The van der Waals surface area contributed by atoms with Crippen molar-refractivity contribution in [3.05, 3.63) is 101 Å². The van der Waals surface area contributed by atoms with Gasteiger partial charge in [0.25, 0.3) is 5.91 Å². The summed E-state index contributed by atoms with van der Waals surface area (Å²) >= 11 is 6.37. The molecule has 1 unspecified atom stereocenters. The molecule has 0 aliphatic carbocycles. The summed E-state index contributed by atoms with van der Waals surface area (Å²) in [4.78, 5) is 34.3. The number of β-amino-alcohol motifs (C(OH)–C–C–N with tert-alkyl or cyclic N) is 1. The zero-order valence-corrected chi connectivity index (χ0v) is 22.8. The molecule has 0 bridgehead atoms. The summed E-state index contributed by atoms with van der Waals surface area (Å²) in [5.41, 5.74) is 1.08. The summed E-state index contributed by atoms with van der Waals surface area (Å²) in [5, 5.41) is 11.9. The number of likely N-dealkylation sites (N-methyl/N-ethyl adjacent to an activating group) is 1. The summed E-state index contributed by atoms with van der Waals surface area (Å²) < 4.78 is 0. The molecule has 38 heavy (non-hydrogen) atoms. The number of hydrogen-bond acceptors (Lipinski definition) is 5. The number of nitrogens with zero attached hydrogens (tertiary/aromatic N) is 4. The quantitative estimate of drug-likeness (QED) is 0.445. The van der Waals surface area contributed by atoms with Crippen LogP contribution in [0.15, 0.2) is 84.9 Å². The Kier molecular flexibility index (Phi) is 8.63. The van der Waals surface area contributed by atoms with Gasteiger partial charge in [-0.1, -0.05) is 84.4 Å². The lowest BCUT2D eigenvalue weighted by Crippen LogP contribution is -2.53. The number of urea groups is 1. The van der Waals surface area contributed by atoms with E-state index in [-0.39, 0.29) is 24.9 Å². The third-order valence-electron chi connectivity index (χ3n) is 7.35. The lowest BCUT2D eigenvalue weighted by atomic mass is 9.81. The van der Waals surface area contributed by atoms with Crippen LogP contribution in [-0.2, 0) is 10.3 Å². The second-order valence-electron chi connectivity index (χ2n) is 9.59. The van der Waals surface area contributed by atoms with Crippen molar-refractivity contribution in [1.82, 2.24) is 14.7 Å². The predicted molar refractivity (Wildman–Crippen MR) is 152 cm³/mol. The molecule has 3 aromatic carbocycles. The van der Waals surface area contributed by atoms with Gasteiger partial charge in [0.15, 0.2) is 5.54 Å². The van der Waals surface area contributed by atoms with Crippen LogP contribution in [0.1, 0.15) is 11.1 Å². The Morgan fingerprint density at radius 1 is 0.816 bits per heavy atom. The largest absolute Gasteiger partial charge is 0.390 e. The molecule has 2 aliphatic heterocycles. The van der Waals surface area contributed by atoms with Gasteiger partial charge in [-0.25, -0.2) is 4.79 Å². The van der Waals surface area contributed by atoms with Gasteiger partial charge >= 0.3 is 6.03 Å². The summed E-state index contributed by atoms with van der Waals surface area (Å²) in [7, 11) is 1.51. The Bertz CT molecular complexity index is 1210. The highest BCUT2D eigenvalue weighted by molar-refractivity contribution is 6.33. The molecule has 1 atom stereocenters. The van der Waals surface area contributed by atoms with E-state index in [0.29, 0.717) is 17.7 Å². The molecule has 2 saturated heterocycles. The highest BCUT2D eigenvalue weighted by Gasteiger charge is 2.58. The van der Waals surface area contributed by atoms with Gasteiger partial charge in [0.1, 0.15) is 0 Å². The van der Waals surface area contributed by atoms with E-state index in [1.165, 1.54) is 11.9 Å². The van der Waals surface area contributed by atoms with E-state index < -0.39 is 17.7 Å². The highest BCUT2D eigenvalue weighted by atomic mass is 35.5. The summed E-state index contributed by atoms with van der Waals surface area (Å²) in [6, 6.07) is 26.1. The standard InChI is InChI=1S/C29H31ClN4O3.ClH/c1-31-27(36)29(22-10-4-2-5-11-22,23-12-6-3-7-13-23)34(28(31)37)21-24(35)20-32-16-18-33(19-17-32)26-15-9-8-14-25(26)30;/h2-15,24,35H,16-21H2,1H3;1H. The minimum absolute atomic E-state index is 0. The number of anilines is 1. The number of aliphatic hydroxyl groups is 1. The van der Waals surface area contributed by atoms with Gasteiger partial charge in [-0.3, -0.25) is 19.5 Å². The van der Waals surface area contributed by atoms with Crippen LogP contribution in [0.4, 0.5) is 10.5 Å². The first-order valence-corrected chi connectivity index (χ1v) is 12.9. The predicted octanol–water partition coefficient (Wildman–Crippen LogP) is 4.08. The maximum absolute atomic E-state index is 13.8. The second-order valence-corrected chi connectivity index (χ2v) is 10.00. The lowest BCUT2D eigenvalue weighted by Gasteiger charge is -2.39. The summed E-state index contributed by atoms with van der Waals surface area (Å²) in [6.45, 7) is 3.53. The molecule has 2 aliphatic rings. The molecule has 200 valence electrons. The zero-order chi connectivity index (χ0) is 26.0. The van der Waals surface area contributed by atoms with Crippen molar-refractivity contribution in [3.63, 3.8) is 0 Å². The van der Waals surface area contributed by atoms with Crippen molar-refractivity contribution in [1.29, 1.82) is 0 Å². The average molecular weight is 556 g/mol. The van der Waals surface area contributed by atoms with E-state index in [9.17, 15) is 14.7 Å². The highest BCUT2D eigenvalue weighted by Crippen LogP contribution is 2.42. The van der Waals surface area contributed by atoms with Crippen molar-refractivity contribution in [2.75, 3.05) is 51.2 Å². The molecule has 0 spiro atoms. The first-order valence-electron chi connectivity index (χ1n) is 12.5. The Morgan fingerprint density at radius 3 is 1.89 bits per heavy atom. The number of aliphatic hydroxyl groups excluding tert-OH is 1. The molecule has 0 radical (unpaired) electrons. The van der Waals surface area contributed by atoms with E-state index in [0.717, 1.165) is 41.8 Å². The van der Waals surface area contributed by atoms with E-state index in [1.54, 1.807) is 0 Å². The molecular weight excluding hydrogens is 523 g/mol. The number of imide groups is 1. The first kappa shape index (κ1) is 27.9. The van der Waals surface area contributed by atoms with Crippen LogP contribution in [0, 0.1) is 0 Å². The number of piperazine rings is 1. The molecule has 3 aromatic rings. The van der Waals surface area contributed by atoms with Gasteiger partial charge in [0.2, 0.25) is 0 Å². The van der Waals surface area contributed by atoms with Crippen molar-refractivity contribution in [3.8, 4) is 0 Å². The van der Waals surface area contributed by atoms with Gasteiger partial charge in [-0.15, -0.1) is 12.4 Å². The Balaban J connectivity index is 0.00000336. The molecule has 0 aromatic heterocycles. The van der Waals surface area contributed by atoms with Gasteiger partial charge in [0, 0.05) is 39.8 Å². The fraction of sp³-hybridized carbons (Fsp3) is 0.310. The van der Waals surface area contributed by atoms with E-state index in [1.807, 2.05) is 84.9 Å². The number of para-hydroxylation sites is 1. The third kappa shape index (κ3) is 4.99. The van der Waals surface area contributed by atoms with E-state index in [2.05, 4.69) is 9.80 Å². The maximum atomic E-state index is 13.8. The van der Waals surface area contributed by atoms with E-state index >= 15 is 0 Å². The van der Waals surface area contributed by atoms with Crippen LogP contribution < -0.4 is 4.90 Å². The minimum Gasteiger partial charge on any atom is -0.390 e. The molecule has 2 heterocycles. The number of halogens is 2. The molecule has 5 rings (SSSR count). The van der Waals surface area contributed by atoms with Crippen molar-refractivity contribution in [2.45, 2.75) is 11.6 Å². The van der Waals surface area contributed by atoms with Crippen molar-refractivity contribution >= 4 is 41.6 Å². The number of rotatable bonds is 7. The smallest absolute Gasteiger partial charge is 0.328 e. The first-order chi connectivity index (χ1) is 17.9. The Hall–Kier alpha value is -3.10. The number of carbonyl (C=O) groups is 2. The minimum atomic E-state index is -1.34. The molecule has 2 fully saturated rings.